The lowest BCUT2D eigenvalue weighted by Gasteiger charge is -2.28. The van der Waals surface area contributed by atoms with Gasteiger partial charge in [-0.3, -0.25) is 0 Å². The topological polar surface area (TPSA) is 35.2 Å². The average Bonchev–Trinajstić information content (AvgIpc) is 2.28. The van der Waals surface area contributed by atoms with Crippen LogP contribution in [0.15, 0.2) is 22.7 Å². The summed E-state index contributed by atoms with van der Waals surface area (Å²) in [6.07, 6.45) is 5.27. The summed E-state index contributed by atoms with van der Waals surface area (Å²) in [6.45, 7) is 4.31. The predicted octanol–water partition coefficient (Wildman–Crippen LogP) is 4.43. The first kappa shape index (κ1) is 13.9. The Balaban J connectivity index is 2.14. The van der Waals surface area contributed by atoms with Crippen molar-refractivity contribution < 1.29 is 4.74 Å². The summed E-state index contributed by atoms with van der Waals surface area (Å²) >= 11 is 3.50. The Labute approximate surface area is 118 Å². The Hall–Kier alpha value is -0.540. The molecule has 0 amide bonds. The highest BCUT2D eigenvalue weighted by atomic mass is 79.9. The molecule has 0 spiro atoms. The molecule has 0 heterocycles. The molecule has 0 radical (unpaired) electrons. The molecule has 0 aromatic heterocycles. The minimum atomic E-state index is 0.00844. The van der Waals surface area contributed by atoms with Crippen molar-refractivity contribution in [1.82, 2.24) is 0 Å². The first-order valence-electron chi connectivity index (χ1n) is 6.78. The number of nitrogens with two attached hydrogens (primary N) is 1. The van der Waals surface area contributed by atoms with Gasteiger partial charge in [0.25, 0.3) is 0 Å². The van der Waals surface area contributed by atoms with E-state index in [0.717, 1.165) is 34.5 Å². The maximum absolute atomic E-state index is 6.19. The highest BCUT2D eigenvalue weighted by molar-refractivity contribution is 9.10. The molecule has 100 valence electrons. The van der Waals surface area contributed by atoms with Crippen LogP contribution < -0.4 is 10.5 Å². The zero-order chi connectivity index (χ0) is 13.1. The van der Waals surface area contributed by atoms with E-state index in [1.165, 1.54) is 12.8 Å². The van der Waals surface area contributed by atoms with Crippen LogP contribution >= 0.6 is 15.9 Å². The van der Waals surface area contributed by atoms with Crippen LogP contribution in [0, 0.1) is 5.92 Å². The molecule has 0 bridgehead atoms. The third-order valence-corrected chi connectivity index (χ3v) is 4.14. The summed E-state index contributed by atoms with van der Waals surface area (Å²) in [5.74, 6) is 1.72. The summed E-state index contributed by atoms with van der Waals surface area (Å²) in [7, 11) is 0. The van der Waals surface area contributed by atoms with Gasteiger partial charge in [-0.1, -0.05) is 35.3 Å². The standard InChI is InChI=1S/C15H22BrNO/c1-10-4-3-5-13(8-10)18-15-9-12(16)6-7-14(15)11(2)17/h6-7,9-11,13H,3-5,8,17H2,1-2H3/t10?,11-,13?/m1/s1. The van der Waals surface area contributed by atoms with Crippen molar-refractivity contribution in [3.05, 3.63) is 28.2 Å². The molecule has 1 aromatic rings. The van der Waals surface area contributed by atoms with Crippen molar-refractivity contribution in [3.8, 4) is 5.75 Å². The maximum Gasteiger partial charge on any atom is 0.125 e. The fourth-order valence-electron chi connectivity index (χ4n) is 2.65. The van der Waals surface area contributed by atoms with E-state index in [1.807, 2.05) is 19.1 Å². The number of hydrogen-bond donors (Lipinski definition) is 1. The maximum atomic E-state index is 6.19. The monoisotopic (exact) mass is 311 g/mol. The van der Waals surface area contributed by atoms with E-state index < -0.39 is 0 Å². The van der Waals surface area contributed by atoms with Crippen LogP contribution in [0.1, 0.15) is 51.1 Å². The van der Waals surface area contributed by atoms with Gasteiger partial charge in [0, 0.05) is 16.1 Å². The normalized spacial score (nSPS) is 25.8. The Bertz CT molecular complexity index is 405. The van der Waals surface area contributed by atoms with Gasteiger partial charge in [-0.25, -0.2) is 0 Å². The van der Waals surface area contributed by atoms with E-state index in [4.69, 9.17) is 10.5 Å². The predicted molar refractivity (Wildman–Crippen MR) is 78.8 cm³/mol. The molecule has 1 saturated carbocycles. The summed E-state index contributed by atoms with van der Waals surface area (Å²) in [5.41, 5.74) is 7.10. The highest BCUT2D eigenvalue weighted by Crippen LogP contribution is 2.32. The van der Waals surface area contributed by atoms with Crippen molar-refractivity contribution >= 4 is 15.9 Å². The molecule has 18 heavy (non-hydrogen) atoms. The second kappa shape index (κ2) is 6.07. The van der Waals surface area contributed by atoms with Crippen LogP contribution in [0.3, 0.4) is 0 Å². The molecule has 3 atom stereocenters. The largest absolute Gasteiger partial charge is 0.490 e. The molecule has 0 saturated heterocycles. The van der Waals surface area contributed by atoms with E-state index in [2.05, 4.69) is 28.9 Å². The number of ether oxygens (including phenoxy) is 1. The summed E-state index contributed by atoms with van der Waals surface area (Å²) in [4.78, 5) is 0. The summed E-state index contributed by atoms with van der Waals surface area (Å²) in [6, 6.07) is 6.12. The Morgan fingerprint density at radius 2 is 2.17 bits per heavy atom. The molecular weight excluding hydrogens is 290 g/mol. The number of rotatable bonds is 3. The smallest absolute Gasteiger partial charge is 0.125 e. The van der Waals surface area contributed by atoms with E-state index >= 15 is 0 Å². The summed E-state index contributed by atoms with van der Waals surface area (Å²) < 4.78 is 7.24. The van der Waals surface area contributed by atoms with Gasteiger partial charge in [0.15, 0.2) is 0 Å². The summed E-state index contributed by atoms with van der Waals surface area (Å²) in [5, 5.41) is 0. The second-order valence-electron chi connectivity index (χ2n) is 5.48. The van der Waals surface area contributed by atoms with Gasteiger partial charge < -0.3 is 10.5 Å². The Morgan fingerprint density at radius 3 is 2.83 bits per heavy atom. The van der Waals surface area contributed by atoms with Gasteiger partial charge >= 0.3 is 0 Å². The van der Waals surface area contributed by atoms with Gasteiger partial charge in [0.05, 0.1) is 6.10 Å². The van der Waals surface area contributed by atoms with Crippen LogP contribution in [0.2, 0.25) is 0 Å². The fourth-order valence-corrected chi connectivity index (χ4v) is 2.99. The molecule has 1 aliphatic rings. The molecule has 0 aliphatic heterocycles. The molecule has 1 fully saturated rings. The minimum absolute atomic E-state index is 0.00844. The van der Waals surface area contributed by atoms with E-state index in [9.17, 15) is 0 Å². The fraction of sp³-hybridized carbons (Fsp3) is 0.600. The molecule has 1 aliphatic carbocycles. The van der Waals surface area contributed by atoms with E-state index in [1.54, 1.807) is 0 Å². The lowest BCUT2D eigenvalue weighted by Crippen LogP contribution is -2.25. The zero-order valence-electron chi connectivity index (χ0n) is 11.2. The molecule has 2 nitrogen and oxygen atoms in total. The van der Waals surface area contributed by atoms with Gasteiger partial charge in [-0.05, 0) is 44.2 Å². The Morgan fingerprint density at radius 1 is 1.39 bits per heavy atom. The number of hydrogen-bond acceptors (Lipinski definition) is 2. The zero-order valence-corrected chi connectivity index (χ0v) is 12.7. The van der Waals surface area contributed by atoms with Crippen LogP contribution in [0.4, 0.5) is 0 Å². The van der Waals surface area contributed by atoms with E-state index in [-0.39, 0.29) is 6.04 Å². The van der Waals surface area contributed by atoms with Crippen molar-refractivity contribution in [2.75, 3.05) is 0 Å². The van der Waals surface area contributed by atoms with Gasteiger partial charge in [0.2, 0.25) is 0 Å². The van der Waals surface area contributed by atoms with Crippen LogP contribution in [-0.2, 0) is 0 Å². The minimum Gasteiger partial charge on any atom is -0.490 e. The molecule has 1 aromatic carbocycles. The van der Waals surface area contributed by atoms with Crippen LogP contribution in [-0.4, -0.2) is 6.10 Å². The average molecular weight is 312 g/mol. The Kier molecular flexibility index (Phi) is 4.68. The second-order valence-corrected chi connectivity index (χ2v) is 6.40. The van der Waals surface area contributed by atoms with Gasteiger partial charge in [0.1, 0.15) is 5.75 Å². The third kappa shape index (κ3) is 3.48. The SMILES string of the molecule is CC1CCCC(Oc2cc(Br)ccc2[C@@H](C)N)C1. The van der Waals surface area contributed by atoms with Crippen molar-refractivity contribution in [2.24, 2.45) is 11.7 Å². The molecule has 2 rings (SSSR count). The first-order chi connectivity index (χ1) is 8.56. The molecule has 3 heteroatoms. The lowest BCUT2D eigenvalue weighted by atomic mass is 9.88. The van der Waals surface area contributed by atoms with Gasteiger partial charge in [-0.2, -0.15) is 0 Å². The van der Waals surface area contributed by atoms with Crippen molar-refractivity contribution in [1.29, 1.82) is 0 Å². The van der Waals surface area contributed by atoms with Gasteiger partial charge in [-0.15, -0.1) is 0 Å². The molecular formula is C15H22BrNO. The molecule has 2 N–H and O–H groups in total. The molecule has 2 unspecified atom stereocenters. The highest BCUT2D eigenvalue weighted by Gasteiger charge is 2.21. The number of halogens is 1. The first-order valence-corrected chi connectivity index (χ1v) is 7.57. The third-order valence-electron chi connectivity index (χ3n) is 3.65. The number of benzene rings is 1. The van der Waals surface area contributed by atoms with E-state index in [0.29, 0.717) is 6.10 Å². The quantitative estimate of drug-likeness (QED) is 0.896. The van der Waals surface area contributed by atoms with Crippen LogP contribution in [0.25, 0.3) is 0 Å². The lowest BCUT2D eigenvalue weighted by molar-refractivity contribution is 0.127. The van der Waals surface area contributed by atoms with Crippen molar-refractivity contribution in [2.45, 2.75) is 51.7 Å². The van der Waals surface area contributed by atoms with Crippen LogP contribution in [0.5, 0.6) is 5.75 Å². The van der Waals surface area contributed by atoms with Crippen molar-refractivity contribution in [3.63, 3.8) is 0 Å².